The maximum atomic E-state index is 15.0. The SMILES string of the molecule is CC1(C)COCCN1c1nc2c(-c3nc(C4CC4)no3)ncn2c2cccc(F)c12. The minimum absolute atomic E-state index is 0.316. The van der Waals surface area contributed by atoms with Gasteiger partial charge < -0.3 is 14.2 Å². The first-order chi connectivity index (χ1) is 14.5. The average molecular weight is 408 g/mol. The quantitative estimate of drug-likeness (QED) is 0.513. The molecule has 1 aliphatic heterocycles. The predicted molar refractivity (Wildman–Crippen MR) is 108 cm³/mol. The lowest BCUT2D eigenvalue weighted by Crippen LogP contribution is -2.53. The molecule has 6 rings (SSSR count). The van der Waals surface area contributed by atoms with Gasteiger partial charge in [0.25, 0.3) is 5.89 Å². The van der Waals surface area contributed by atoms with Gasteiger partial charge in [0.2, 0.25) is 0 Å². The van der Waals surface area contributed by atoms with Gasteiger partial charge in [0, 0.05) is 12.5 Å². The summed E-state index contributed by atoms with van der Waals surface area (Å²) in [5.41, 5.74) is 1.44. The largest absolute Gasteiger partial charge is 0.377 e. The second-order valence-electron chi connectivity index (χ2n) is 8.60. The molecule has 0 atom stereocenters. The van der Waals surface area contributed by atoms with Crippen molar-refractivity contribution in [3.05, 3.63) is 36.2 Å². The Hall–Kier alpha value is -3.07. The highest BCUT2D eigenvalue weighted by atomic mass is 19.1. The molecule has 0 N–H and O–H groups in total. The van der Waals surface area contributed by atoms with E-state index in [1.807, 2.05) is 6.07 Å². The Kier molecular flexibility index (Phi) is 3.68. The molecule has 9 heteroatoms. The summed E-state index contributed by atoms with van der Waals surface area (Å²) in [5.74, 6) is 1.70. The summed E-state index contributed by atoms with van der Waals surface area (Å²) in [6.07, 6.45) is 3.80. The molecule has 4 heterocycles. The number of rotatable bonds is 3. The zero-order valence-electron chi connectivity index (χ0n) is 16.8. The third kappa shape index (κ3) is 2.61. The van der Waals surface area contributed by atoms with Crippen LogP contribution in [0.4, 0.5) is 10.2 Å². The highest BCUT2D eigenvalue weighted by Crippen LogP contribution is 2.40. The molecule has 8 nitrogen and oxygen atoms in total. The molecule has 2 fully saturated rings. The van der Waals surface area contributed by atoms with E-state index in [1.165, 1.54) is 6.07 Å². The first-order valence-corrected chi connectivity index (χ1v) is 10.2. The molecular weight excluding hydrogens is 387 g/mol. The summed E-state index contributed by atoms with van der Waals surface area (Å²) in [7, 11) is 0. The Bertz CT molecular complexity index is 1280. The number of imidazole rings is 1. The number of morpholine rings is 1. The van der Waals surface area contributed by atoms with Crippen molar-refractivity contribution in [3.63, 3.8) is 0 Å². The van der Waals surface area contributed by atoms with E-state index < -0.39 is 0 Å². The van der Waals surface area contributed by atoms with Crippen LogP contribution in [0, 0.1) is 5.82 Å². The molecule has 1 aliphatic carbocycles. The first-order valence-electron chi connectivity index (χ1n) is 10.2. The van der Waals surface area contributed by atoms with Gasteiger partial charge in [-0.25, -0.2) is 14.4 Å². The summed E-state index contributed by atoms with van der Waals surface area (Å²) < 4.78 is 28.0. The molecule has 0 bridgehead atoms. The number of anilines is 1. The number of ether oxygens (including phenoxy) is 1. The fourth-order valence-electron chi connectivity index (χ4n) is 4.15. The van der Waals surface area contributed by atoms with Gasteiger partial charge in [-0.05, 0) is 38.8 Å². The van der Waals surface area contributed by atoms with Crippen LogP contribution in [0.25, 0.3) is 28.1 Å². The van der Waals surface area contributed by atoms with Crippen molar-refractivity contribution >= 4 is 22.4 Å². The van der Waals surface area contributed by atoms with Gasteiger partial charge in [0.05, 0.1) is 29.7 Å². The molecule has 1 saturated heterocycles. The van der Waals surface area contributed by atoms with Gasteiger partial charge in [-0.2, -0.15) is 4.98 Å². The summed E-state index contributed by atoms with van der Waals surface area (Å²) in [6.45, 7) is 5.86. The van der Waals surface area contributed by atoms with E-state index in [-0.39, 0.29) is 11.4 Å². The van der Waals surface area contributed by atoms with Crippen LogP contribution in [0.2, 0.25) is 0 Å². The Morgan fingerprint density at radius 3 is 2.87 bits per heavy atom. The van der Waals surface area contributed by atoms with E-state index in [0.717, 1.165) is 12.8 Å². The molecule has 4 aromatic rings. The molecule has 30 heavy (non-hydrogen) atoms. The molecule has 154 valence electrons. The van der Waals surface area contributed by atoms with Crippen molar-refractivity contribution in [2.45, 2.75) is 38.1 Å². The number of fused-ring (bicyclic) bond motifs is 3. The number of halogens is 1. The second-order valence-corrected chi connectivity index (χ2v) is 8.60. The minimum atomic E-state index is -0.331. The minimum Gasteiger partial charge on any atom is -0.377 e. The Labute approximate surface area is 171 Å². The highest BCUT2D eigenvalue weighted by molar-refractivity contribution is 5.94. The number of hydrogen-bond acceptors (Lipinski definition) is 7. The van der Waals surface area contributed by atoms with Crippen molar-refractivity contribution in [2.24, 2.45) is 0 Å². The van der Waals surface area contributed by atoms with E-state index in [0.29, 0.717) is 65.5 Å². The van der Waals surface area contributed by atoms with Gasteiger partial charge >= 0.3 is 0 Å². The number of hydrogen-bond donors (Lipinski definition) is 0. The zero-order valence-corrected chi connectivity index (χ0v) is 16.8. The Balaban J connectivity index is 1.61. The van der Waals surface area contributed by atoms with E-state index in [9.17, 15) is 0 Å². The molecule has 2 aliphatic rings. The molecular formula is C21H21FN6O2. The van der Waals surface area contributed by atoms with Gasteiger partial charge in [-0.15, -0.1) is 0 Å². The Morgan fingerprint density at radius 2 is 2.07 bits per heavy atom. The van der Waals surface area contributed by atoms with Crippen LogP contribution in [0.5, 0.6) is 0 Å². The van der Waals surface area contributed by atoms with Crippen molar-refractivity contribution in [1.29, 1.82) is 0 Å². The third-order valence-electron chi connectivity index (χ3n) is 5.92. The Morgan fingerprint density at radius 1 is 1.20 bits per heavy atom. The molecule has 1 aromatic carbocycles. The topological polar surface area (TPSA) is 81.6 Å². The molecule has 1 saturated carbocycles. The maximum absolute atomic E-state index is 15.0. The van der Waals surface area contributed by atoms with Gasteiger partial charge in [0.1, 0.15) is 18.0 Å². The summed E-state index contributed by atoms with van der Waals surface area (Å²) in [5, 5.41) is 4.57. The van der Waals surface area contributed by atoms with Gasteiger partial charge in [-0.3, -0.25) is 4.40 Å². The van der Waals surface area contributed by atoms with Gasteiger partial charge in [-0.1, -0.05) is 11.2 Å². The van der Waals surface area contributed by atoms with Crippen LogP contribution in [0.1, 0.15) is 38.4 Å². The monoisotopic (exact) mass is 408 g/mol. The van der Waals surface area contributed by atoms with Crippen LogP contribution in [0.15, 0.2) is 29.0 Å². The average Bonchev–Trinajstić information content (AvgIpc) is 3.30. The smallest absolute Gasteiger partial charge is 0.280 e. The zero-order chi connectivity index (χ0) is 20.5. The van der Waals surface area contributed by atoms with E-state index in [4.69, 9.17) is 14.2 Å². The lowest BCUT2D eigenvalue weighted by atomic mass is 10.0. The van der Waals surface area contributed by atoms with Crippen LogP contribution < -0.4 is 4.90 Å². The molecule has 0 unspecified atom stereocenters. The number of aromatic nitrogens is 5. The van der Waals surface area contributed by atoms with Crippen molar-refractivity contribution < 1.29 is 13.7 Å². The summed E-state index contributed by atoms with van der Waals surface area (Å²) in [4.78, 5) is 16.0. The first kappa shape index (κ1) is 17.8. The molecule has 0 spiro atoms. The highest BCUT2D eigenvalue weighted by Gasteiger charge is 2.34. The molecule has 0 amide bonds. The summed E-state index contributed by atoms with van der Waals surface area (Å²) >= 11 is 0. The lowest BCUT2D eigenvalue weighted by molar-refractivity contribution is 0.0641. The van der Waals surface area contributed by atoms with E-state index in [1.54, 1.807) is 16.8 Å². The van der Waals surface area contributed by atoms with Crippen LogP contribution in [0.3, 0.4) is 0 Å². The van der Waals surface area contributed by atoms with Crippen molar-refractivity contribution in [1.82, 2.24) is 24.5 Å². The van der Waals surface area contributed by atoms with Crippen LogP contribution in [-0.2, 0) is 4.74 Å². The van der Waals surface area contributed by atoms with Crippen molar-refractivity contribution in [3.8, 4) is 11.6 Å². The van der Waals surface area contributed by atoms with Crippen LogP contribution in [-0.4, -0.2) is 49.8 Å². The summed E-state index contributed by atoms with van der Waals surface area (Å²) in [6, 6.07) is 5.03. The molecule has 3 aromatic heterocycles. The van der Waals surface area contributed by atoms with E-state index >= 15 is 4.39 Å². The lowest BCUT2D eigenvalue weighted by Gasteiger charge is -2.43. The standard InChI is InChI=1S/C21H21FN6O2/c1-21(2)10-29-9-8-28(21)18-15-13(22)4-3-5-14(15)27-11-23-16(19(27)25-18)20-24-17(26-30-20)12-6-7-12/h3-5,11-12H,6-10H2,1-2H3. The number of nitrogens with zero attached hydrogens (tertiary/aromatic N) is 6. The fraction of sp³-hybridized carbons (Fsp3) is 0.429. The predicted octanol–water partition coefficient (Wildman–Crippen LogP) is 3.56. The number of benzene rings is 1. The maximum Gasteiger partial charge on any atom is 0.280 e. The second kappa shape index (κ2) is 6.21. The van der Waals surface area contributed by atoms with Crippen molar-refractivity contribution in [2.75, 3.05) is 24.7 Å². The third-order valence-corrected chi connectivity index (χ3v) is 5.92. The molecule has 0 radical (unpaired) electrons. The van der Waals surface area contributed by atoms with Crippen LogP contribution >= 0.6 is 0 Å². The fourth-order valence-corrected chi connectivity index (χ4v) is 4.15. The normalized spacial score (nSPS) is 19.1. The van der Waals surface area contributed by atoms with E-state index in [2.05, 4.69) is 33.9 Å². The van der Waals surface area contributed by atoms with Gasteiger partial charge in [0.15, 0.2) is 17.2 Å².